The Morgan fingerprint density at radius 2 is 2.08 bits per heavy atom. The first-order valence-corrected chi connectivity index (χ1v) is 4.30. The lowest BCUT2D eigenvalue weighted by atomic mass is 10.1. The quantitative estimate of drug-likeness (QED) is 0.721. The predicted molar refractivity (Wildman–Crippen MR) is 49.9 cm³/mol. The van der Waals surface area contributed by atoms with Crippen molar-refractivity contribution in [1.29, 1.82) is 0 Å². The summed E-state index contributed by atoms with van der Waals surface area (Å²) < 4.78 is 1.88. The number of hydrogen-bond donors (Lipinski definition) is 1. The summed E-state index contributed by atoms with van der Waals surface area (Å²) in [6.45, 7) is 6.96. The van der Waals surface area contributed by atoms with Crippen molar-refractivity contribution in [3.63, 3.8) is 0 Å². The Morgan fingerprint density at radius 1 is 1.50 bits per heavy atom. The summed E-state index contributed by atoms with van der Waals surface area (Å²) in [5, 5.41) is 4.42. The van der Waals surface area contributed by atoms with Gasteiger partial charge >= 0.3 is 0 Å². The van der Waals surface area contributed by atoms with Crippen LogP contribution in [0.2, 0.25) is 0 Å². The zero-order valence-corrected chi connectivity index (χ0v) is 8.26. The van der Waals surface area contributed by atoms with Gasteiger partial charge in [-0.1, -0.05) is 13.8 Å². The van der Waals surface area contributed by atoms with E-state index in [4.69, 9.17) is 5.73 Å². The Bertz CT molecular complexity index is 274. The molecule has 0 aliphatic rings. The molecule has 0 saturated carbocycles. The molecule has 68 valence electrons. The fourth-order valence-corrected chi connectivity index (χ4v) is 1.52. The molecule has 2 N–H and O–H groups in total. The van der Waals surface area contributed by atoms with Crippen LogP contribution in [0.1, 0.15) is 36.7 Å². The van der Waals surface area contributed by atoms with Crippen molar-refractivity contribution >= 4 is 0 Å². The fourth-order valence-electron chi connectivity index (χ4n) is 1.52. The number of rotatable bonds is 2. The van der Waals surface area contributed by atoms with Crippen LogP contribution < -0.4 is 5.73 Å². The highest BCUT2D eigenvalue weighted by molar-refractivity contribution is 5.26. The van der Waals surface area contributed by atoms with Crippen molar-refractivity contribution in [3.8, 4) is 0 Å². The van der Waals surface area contributed by atoms with Crippen molar-refractivity contribution < 1.29 is 0 Å². The Kier molecular flexibility index (Phi) is 2.52. The normalized spacial score (nSPS) is 11.2. The maximum atomic E-state index is 5.60. The fraction of sp³-hybridized carbons (Fsp3) is 0.667. The van der Waals surface area contributed by atoms with E-state index in [-0.39, 0.29) is 0 Å². The molecule has 1 aromatic heterocycles. The van der Waals surface area contributed by atoms with E-state index in [2.05, 4.69) is 25.9 Å². The molecule has 3 heteroatoms. The topological polar surface area (TPSA) is 43.8 Å². The summed E-state index contributed by atoms with van der Waals surface area (Å²) in [6, 6.07) is 0. The van der Waals surface area contributed by atoms with E-state index in [1.807, 2.05) is 11.7 Å². The standard InChI is InChI=1S/C9H17N3/c1-6(2)9-7(3)8(5-10)12(4)11-9/h6H,5,10H2,1-4H3. The summed E-state index contributed by atoms with van der Waals surface area (Å²) in [5.74, 6) is 0.483. The van der Waals surface area contributed by atoms with E-state index in [0.717, 1.165) is 11.4 Å². The van der Waals surface area contributed by atoms with Gasteiger partial charge < -0.3 is 5.73 Å². The molecule has 0 unspecified atom stereocenters. The maximum Gasteiger partial charge on any atom is 0.0682 e. The highest BCUT2D eigenvalue weighted by atomic mass is 15.3. The number of hydrogen-bond acceptors (Lipinski definition) is 2. The molecule has 3 nitrogen and oxygen atoms in total. The van der Waals surface area contributed by atoms with Crippen LogP contribution in [0.5, 0.6) is 0 Å². The molecular weight excluding hydrogens is 150 g/mol. The van der Waals surface area contributed by atoms with Crippen molar-refractivity contribution in [2.24, 2.45) is 12.8 Å². The van der Waals surface area contributed by atoms with Crippen LogP contribution in [-0.2, 0) is 13.6 Å². The Balaban J connectivity index is 3.17. The van der Waals surface area contributed by atoms with Crippen molar-refractivity contribution in [2.45, 2.75) is 33.2 Å². The number of aryl methyl sites for hydroxylation is 1. The van der Waals surface area contributed by atoms with E-state index in [9.17, 15) is 0 Å². The van der Waals surface area contributed by atoms with Gasteiger partial charge in [0, 0.05) is 13.6 Å². The van der Waals surface area contributed by atoms with Crippen LogP contribution in [0.25, 0.3) is 0 Å². The molecule has 0 aliphatic heterocycles. The average Bonchev–Trinajstić information content (AvgIpc) is 2.27. The van der Waals surface area contributed by atoms with Gasteiger partial charge in [-0.25, -0.2) is 0 Å². The SMILES string of the molecule is Cc1c(C(C)C)nn(C)c1CN. The Morgan fingerprint density at radius 3 is 2.33 bits per heavy atom. The molecule has 1 aromatic rings. The molecule has 1 heterocycles. The van der Waals surface area contributed by atoms with Gasteiger partial charge in [0.1, 0.15) is 0 Å². The van der Waals surface area contributed by atoms with Crippen LogP contribution in [0.15, 0.2) is 0 Å². The highest BCUT2D eigenvalue weighted by Gasteiger charge is 2.12. The van der Waals surface area contributed by atoms with Crippen LogP contribution in [-0.4, -0.2) is 9.78 Å². The zero-order chi connectivity index (χ0) is 9.30. The molecule has 1 rings (SSSR count). The van der Waals surface area contributed by atoms with E-state index in [1.165, 1.54) is 5.56 Å². The predicted octanol–water partition coefficient (Wildman–Crippen LogP) is 1.31. The molecule has 0 aromatic carbocycles. The van der Waals surface area contributed by atoms with E-state index in [0.29, 0.717) is 12.5 Å². The van der Waals surface area contributed by atoms with Gasteiger partial charge in [0.25, 0.3) is 0 Å². The van der Waals surface area contributed by atoms with Gasteiger partial charge in [0.2, 0.25) is 0 Å². The Labute approximate surface area is 73.6 Å². The van der Waals surface area contributed by atoms with E-state index < -0.39 is 0 Å². The molecule has 12 heavy (non-hydrogen) atoms. The molecule has 0 fully saturated rings. The van der Waals surface area contributed by atoms with Crippen molar-refractivity contribution in [2.75, 3.05) is 0 Å². The first-order valence-electron chi connectivity index (χ1n) is 4.30. The molecular formula is C9H17N3. The van der Waals surface area contributed by atoms with Crippen LogP contribution in [0.4, 0.5) is 0 Å². The lowest BCUT2D eigenvalue weighted by Gasteiger charge is -2.00. The summed E-state index contributed by atoms with van der Waals surface area (Å²) >= 11 is 0. The molecule has 0 bridgehead atoms. The second-order valence-electron chi connectivity index (χ2n) is 3.44. The second-order valence-corrected chi connectivity index (χ2v) is 3.44. The molecule has 0 atom stereocenters. The summed E-state index contributed by atoms with van der Waals surface area (Å²) in [6.07, 6.45) is 0. The summed E-state index contributed by atoms with van der Waals surface area (Å²) in [7, 11) is 1.95. The smallest absolute Gasteiger partial charge is 0.0682 e. The van der Waals surface area contributed by atoms with Gasteiger partial charge in [0.05, 0.1) is 11.4 Å². The number of aromatic nitrogens is 2. The molecule has 0 aliphatic carbocycles. The highest BCUT2D eigenvalue weighted by Crippen LogP contribution is 2.19. The summed E-state index contributed by atoms with van der Waals surface area (Å²) in [4.78, 5) is 0. The first-order chi connectivity index (χ1) is 5.57. The lowest BCUT2D eigenvalue weighted by molar-refractivity contribution is 0.682. The molecule has 0 amide bonds. The molecule has 0 radical (unpaired) electrons. The molecule has 0 spiro atoms. The van der Waals surface area contributed by atoms with Crippen LogP contribution in [0.3, 0.4) is 0 Å². The van der Waals surface area contributed by atoms with Gasteiger partial charge in [-0.05, 0) is 18.4 Å². The molecule has 0 saturated heterocycles. The first kappa shape index (κ1) is 9.26. The minimum absolute atomic E-state index is 0.483. The minimum atomic E-state index is 0.483. The van der Waals surface area contributed by atoms with Gasteiger partial charge in [-0.15, -0.1) is 0 Å². The minimum Gasteiger partial charge on any atom is -0.325 e. The van der Waals surface area contributed by atoms with Gasteiger partial charge in [0.15, 0.2) is 0 Å². The van der Waals surface area contributed by atoms with Crippen molar-refractivity contribution in [1.82, 2.24) is 9.78 Å². The third-order valence-electron chi connectivity index (χ3n) is 2.21. The van der Waals surface area contributed by atoms with Gasteiger partial charge in [-0.2, -0.15) is 5.10 Å². The maximum absolute atomic E-state index is 5.60. The third kappa shape index (κ3) is 1.37. The van der Waals surface area contributed by atoms with Crippen LogP contribution >= 0.6 is 0 Å². The lowest BCUT2D eigenvalue weighted by Crippen LogP contribution is -2.05. The van der Waals surface area contributed by atoms with Crippen molar-refractivity contribution in [3.05, 3.63) is 17.0 Å². The average molecular weight is 167 g/mol. The Hall–Kier alpha value is -0.830. The summed E-state index contributed by atoms with van der Waals surface area (Å²) in [5.41, 5.74) is 9.15. The van der Waals surface area contributed by atoms with Crippen LogP contribution in [0, 0.1) is 6.92 Å². The van der Waals surface area contributed by atoms with E-state index in [1.54, 1.807) is 0 Å². The van der Waals surface area contributed by atoms with Gasteiger partial charge in [-0.3, -0.25) is 4.68 Å². The monoisotopic (exact) mass is 167 g/mol. The third-order valence-corrected chi connectivity index (χ3v) is 2.21. The zero-order valence-electron chi connectivity index (χ0n) is 8.26. The number of nitrogens with zero attached hydrogens (tertiary/aromatic N) is 2. The van der Waals surface area contributed by atoms with E-state index >= 15 is 0 Å². The largest absolute Gasteiger partial charge is 0.325 e. The second kappa shape index (κ2) is 3.27. The number of nitrogens with two attached hydrogens (primary N) is 1.